The summed E-state index contributed by atoms with van der Waals surface area (Å²) in [6.07, 6.45) is 1.66. The summed E-state index contributed by atoms with van der Waals surface area (Å²) in [4.78, 5) is 18.1. The summed E-state index contributed by atoms with van der Waals surface area (Å²) in [5.74, 6) is 2.68. The molecule has 206 valence electrons. The van der Waals surface area contributed by atoms with Gasteiger partial charge < -0.3 is 28.7 Å². The summed E-state index contributed by atoms with van der Waals surface area (Å²) < 4.78 is 22.4. The number of ether oxygens (including phenoxy) is 4. The van der Waals surface area contributed by atoms with Crippen molar-refractivity contribution >= 4 is 47.3 Å². The predicted octanol–water partition coefficient (Wildman–Crippen LogP) is 3.89. The molecule has 1 N–H and O–H groups in total. The number of hydrogen-bond acceptors (Lipinski definition) is 11. The van der Waals surface area contributed by atoms with E-state index in [9.17, 15) is 0 Å². The molecule has 0 unspecified atom stereocenters. The lowest BCUT2D eigenvalue weighted by atomic mass is 10.2. The molecule has 2 aromatic carbocycles. The molecular formula is C26H29Cl2N7O4. The van der Waals surface area contributed by atoms with Crippen LogP contribution in [0.4, 0.5) is 17.8 Å². The number of rotatable bonds is 9. The lowest BCUT2D eigenvalue weighted by molar-refractivity contribution is 0.121. The standard InChI is InChI=1S/C26H29Cl2N7O4/c1-36-22-5-2-18(14-23(22)39-17-19-3-4-20(27)15-21(19)28)16-29-33-24-30-25(34-6-10-37-11-7-34)32-26(31-24)35-8-12-38-13-9-35/h2-5,14-16H,6-13,17H2,1H3,(H,30,31,32,33)/b29-16-. The third-order valence-electron chi connectivity index (χ3n) is 6.16. The first-order valence-electron chi connectivity index (χ1n) is 12.5. The van der Waals surface area contributed by atoms with Crippen molar-refractivity contribution in [2.24, 2.45) is 5.10 Å². The van der Waals surface area contributed by atoms with Crippen LogP contribution in [0, 0.1) is 0 Å². The lowest BCUT2D eigenvalue weighted by Crippen LogP contribution is -2.40. The first-order chi connectivity index (χ1) is 19.1. The molecule has 39 heavy (non-hydrogen) atoms. The quantitative estimate of drug-likeness (QED) is 0.299. The highest BCUT2D eigenvalue weighted by Crippen LogP contribution is 2.30. The van der Waals surface area contributed by atoms with Crippen LogP contribution < -0.4 is 24.7 Å². The average Bonchev–Trinajstić information content (AvgIpc) is 2.97. The van der Waals surface area contributed by atoms with Crippen molar-refractivity contribution in [1.82, 2.24) is 15.0 Å². The van der Waals surface area contributed by atoms with Crippen molar-refractivity contribution in [3.8, 4) is 11.5 Å². The Hall–Kier alpha value is -3.38. The molecule has 0 saturated carbocycles. The van der Waals surface area contributed by atoms with Crippen molar-refractivity contribution in [2.45, 2.75) is 6.61 Å². The summed E-state index contributed by atoms with van der Waals surface area (Å²) in [5, 5.41) is 5.48. The largest absolute Gasteiger partial charge is 0.493 e. The lowest BCUT2D eigenvalue weighted by Gasteiger charge is -2.30. The van der Waals surface area contributed by atoms with Crippen LogP contribution in [0.5, 0.6) is 11.5 Å². The maximum absolute atomic E-state index is 6.29. The van der Waals surface area contributed by atoms with Crippen molar-refractivity contribution in [3.63, 3.8) is 0 Å². The van der Waals surface area contributed by atoms with Crippen LogP contribution >= 0.6 is 23.2 Å². The number of anilines is 3. The van der Waals surface area contributed by atoms with Crippen LogP contribution in [0.3, 0.4) is 0 Å². The van der Waals surface area contributed by atoms with Gasteiger partial charge in [0.15, 0.2) is 11.5 Å². The second kappa shape index (κ2) is 13.1. The summed E-state index contributed by atoms with van der Waals surface area (Å²) in [5.41, 5.74) is 4.56. The summed E-state index contributed by atoms with van der Waals surface area (Å²) in [6.45, 7) is 5.63. The van der Waals surface area contributed by atoms with Crippen LogP contribution in [0.25, 0.3) is 0 Å². The van der Waals surface area contributed by atoms with Crippen LogP contribution in [-0.2, 0) is 16.1 Å². The summed E-state index contributed by atoms with van der Waals surface area (Å²) in [6, 6.07) is 10.8. The molecule has 3 heterocycles. The van der Waals surface area contributed by atoms with Gasteiger partial charge in [-0.15, -0.1) is 0 Å². The van der Waals surface area contributed by atoms with Crippen LogP contribution in [-0.4, -0.2) is 80.9 Å². The topological polar surface area (TPSA) is 106 Å². The molecular weight excluding hydrogens is 545 g/mol. The van der Waals surface area contributed by atoms with E-state index in [-0.39, 0.29) is 6.61 Å². The highest BCUT2D eigenvalue weighted by Gasteiger charge is 2.20. The number of nitrogens with one attached hydrogen (secondary N) is 1. The molecule has 0 amide bonds. The van der Waals surface area contributed by atoms with Gasteiger partial charge in [0, 0.05) is 41.8 Å². The smallest absolute Gasteiger partial charge is 0.250 e. The number of nitrogens with zero attached hydrogens (tertiary/aromatic N) is 6. The van der Waals surface area contributed by atoms with E-state index >= 15 is 0 Å². The second-order valence-corrected chi connectivity index (χ2v) is 9.61. The zero-order valence-electron chi connectivity index (χ0n) is 21.5. The Balaban J connectivity index is 1.31. The van der Waals surface area contributed by atoms with Gasteiger partial charge in [-0.2, -0.15) is 20.1 Å². The maximum atomic E-state index is 6.29. The molecule has 11 nitrogen and oxygen atoms in total. The monoisotopic (exact) mass is 573 g/mol. The molecule has 0 aliphatic carbocycles. The molecule has 2 aliphatic heterocycles. The van der Waals surface area contributed by atoms with Gasteiger partial charge in [0.25, 0.3) is 0 Å². The van der Waals surface area contributed by atoms with Gasteiger partial charge in [0.1, 0.15) is 6.61 Å². The Morgan fingerprint density at radius 2 is 1.56 bits per heavy atom. The van der Waals surface area contributed by atoms with Gasteiger partial charge in [-0.25, -0.2) is 5.43 Å². The molecule has 13 heteroatoms. The summed E-state index contributed by atoms with van der Waals surface area (Å²) in [7, 11) is 1.59. The zero-order chi connectivity index (χ0) is 27.0. The van der Waals surface area contributed by atoms with E-state index in [4.69, 9.17) is 47.1 Å². The summed E-state index contributed by atoms with van der Waals surface area (Å²) >= 11 is 12.3. The van der Waals surface area contributed by atoms with Crippen molar-refractivity contribution in [1.29, 1.82) is 0 Å². The first kappa shape index (κ1) is 27.2. The highest BCUT2D eigenvalue weighted by molar-refractivity contribution is 6.35. The Bertz CT molecular complexity index is 1270. The fourth-order valence-corrected chi connectivity index (χ4v) is 4.52. The third kappa shape index (κ3) is 7.18. The van der Waals surface area contributed by atoms with E-state index in [1.165, 1.54) is 0 Å². The molecule has 0 radical (unpaired) electrons. The second-order valence-electron chi connectivity index (χ2n) is 8.76. The molecule has 2 fully saturated rings. The van der Waals surface area contributed by atoms with E-state index < -0.39 is 0 Å². The van der Waals surface area contributed by atoms with Crippen LogP contribution in [0.2, 0.25) is 10.0 Å². The SMILES string of the molecule is COc1ccc(/C=N\Nc2nc(N3CCOCC3)nc(N3CCOCC3)n2)cc1OCc1ccc(Cl)cc1Cl. The van der Waals surface area contributed by atoms with Crippen molar-refractivity contribution in [2.75, 3.05) is 74.9 Å². The molecule has 2 saturated heterocycles. The van der Waals surface area contributed by atoms with Gasteiger partial charge in [0.05, 0.1) is 39.8 Å². The Labute approximate surface area is 236 Å². The maximum Gasteiger partial charge on any atom is 0.250 e. The van der Waals surface area contributed by atoms with E-state index in [1.54, 1.807) is 25.5 Å². The Kier molecular flexibility index (Phi) is 9.15. The Morgan fingerprint density at radius 3 is 2.18 bits per heavy atom. The number of benzene rings is 2. The van der Waals surface area contributed by atoms with Gasteiger partial charge in [-0.3, -0.25) is 0 Å². The molecule has 0 bridgehead atoms. The van der Waals surface area contributed by atoms with E-state index in [1.807, 2.05) is 24.3 Å². The van der Waals surface area contributed by atoms with Gasteiger partial charge in [-0.1, -0.05) is 29.3 Å². The Morgan fingerprint density at radius 1 is 0.897 bits per heavy atom. The molecule has 0 atom stereocenters. The normalized spacial score (nSPS) is 16.0. The number of methoxy groups -OCH3 is 1. The minimum absolute atomic E-state index is 0.255. The van der Waals surface area contributed by atoms with Crippen molar-refractivity contribution < 1.29 is 18.9 Å². The van der Waals surface area contributed by atoms with Gasteiger partial charge in [0.2, 0.25) is 17.8 Å². The van der Waals surface area contributed by atoms with Crippen LogP contribution in [0.1, 0.15) is 11.1 Å². The molecule has 3 aromatic rings. The first-order valence-corrected chi connectivity index (χ1v) is 13.3. The fraction of sp³-hybridized carbons (Fsp3) is 0.385. The number of hydrogen-bond donors (Lipinski definition) is 1. The fourth-order valence-electron chi connectivity index (χ4n) is 4.06. The van der Waals surface area contributed by atoms with Crippen molar-refractivity contribution in [3.05, 3.63) is 57.6 Å². The highest BCUT2D eigenvalue weighted by atomic mass is 35.5. The number of hydrazone groups is 1. The molecule has 2 aliphatic rings. The van der Waals surface area contributed by atoms with Gasteiger partial charge >= 0.3 is 0 Å². The minimum atomic E-state index is 0.255. The minimum Gasteiger partial charge on any atom is -0.493 e. The molecule has 5 rings (SSSR count). The van der Waals surface area contributed by atoms with Crippen LogP contribution in [0.15, 0.2) is 41.5 Å². The van der Waals surface area contributed by atoms with E-state index in [0.717, 1.165) is 11.1 Å². The average molecular weight is 574 g/mol. The number of morpholine rings is 2. The van der Waals surface area contributed by atoms with E-state index in [2.05, 4.69) is 30.3 Å². The van der Waals surface area contributed by atoms with E-state index in [0.29, 0.717) is 92.0 Å². The molecule has 1 aromatic heterocycles. The number of halogens is 2. The molecule has 0 spiro atoms. The van der Waals surface area contributed by atoms with Gasteiger partial charge in [-0.05, 0) is 35.9 Å². The third-order valence-corrected chi connectivity index (χ3v) is 6.75. The zero-order valence-corrected chi connectivity index (χ0v) is 23.0. The number of aromatic nitrogens is 3. The predicted molar refractivity (Wildman–Crippen MR) is 151 cm³/mol.